The van der Waals surface area contributed by atoms with Crippen LogP contribution in [0.5, 0.6) is 0 Å². The fourth-order valence-corrected chi connectivity index (χ4v) is 4.42. The van der Waals surface area contributed by atoms with Crippen LogP contribution in [-0.2, 0) is 44.6 Å². The van der Waals surface area contributed by atoms with E-state index in [0.29, 0.717) is 5.76 Å². The summed E-state index contributed by atoms with van der Waals surface area (Å²) in [4.78, 5) is 31.6. The summed E-state index contributed by atoms with van der Waals surface area (Å²) in [5, 5.41) is 25.6. The third-order valence-electron chi connectivity index (χ3n) is 6.61. The van der Waals surface area contributed by atoms with Gasteiger partial charge in [0.05, 0.1) is 6.10 Å². The first-order chi connectivity index (χ1) is 19.4. The Morgan fingerprint density at radius 3 is 1.50 bits per heavy atom. The van der Waals surface area contributed by atoms with Crippen LogP contribution in [0.25, 0.3) is 0 Å². The van der Waals surface area contributed by atoms with Gasteiger partial charge in [0, 0.05) is 21.5 Å². The fourth-order valence-electron chi connectivity index (χ4n) is 4.42. The quantitative estimate of drug-likeness (QED) is 0.0286. The van der Waals surface area contributed by atoms with Crippen molar-refractivity contribution in [2.45, 2.75) is 161 Å². The van der Waals surface area contributed by atoms with E-state index in [1.807, 2.05) is 13.0 Å². The van der Waals surface area contributed by atoms with Gasteiger partial charge >= 0.3 is 7.82 Å². The van der Waals surface area contributed by atoms with Gasteiger partial charge in [-0.25, -0.2) is 9.45 Å². The minimum Gasteiger partial charge on any atom is -0.311 e. The van der Waals surface area contributed by atoms with Gasteiger partial charge in [0.2, 0.25) is 0 Å². The molecule has 0 aromatic carbocycles. The van der Waals surface area contributed by atoms with Gasteiger partial charge in [-0.05, 0) is 47.4 Å². The lowest BCUT2D eigenvalue weighted by Crippen LogP contribution is -2.17. The van der Waals surface area contributed by atoms with E-state index in [-0.39, 0.29) is 6.10 Å². The normalized spacial score (nSPS) is 14.7. The first-order valence-electron chi connectivity index (χ1n) is 15.1. The zero-order valence-corrected chi connectivity index (χ0v) is 25.6. The summed E-state index contributed by atoms with van der Waals surface area (Å²) in [5.41, 5.74) is 0. The molecule has 0 aromatic rings. The SMILES string of the molecule is CC=C(CCCCCCCCCCCCCCCCCC)OOOOOOOOC1CCCCC1.O=P(O)(O)O. The van der Waals surface area contributed by atoms with Crippen LogP contribution in [0.2, 0.25) is 0 Å². The van der Waals surface area contributed by atoms with Crippen molar-refractivity contribution in [2.75, 3.05) is 0 Å². The Kier molecular flexibility index (Phi) is 29.4. The monoisotopic (exact) mass is 602 g/mol. The second kappa shape index (κ2) is 29.8. The molecule has 12 nitrogen and oxygen atoms in total. The lowest BCUT2D eigenvalue weighted by Gasteiger charge is -2.18. The minimum absolute atomic E-state index is 0.00893. The first kappa shape index (κ1) is 39.4. The summed E-state index contributed by atoms with van der Waals surface area (Å²) < 4.78 is 8.88. The molecule has 1 saturated carbocycles. The maximum Gasteiger partial charge on any atom is 0.466 e. The average Bonchev–Trinajstić information content (AvgIpc) is 2.92. The Hall–Kier alpha value is -0.630. The Morgan fingerprint density at radius 1 is 0.650 bits per heavy atom. The molecule has 0 aromatic heterocycles. The highest BCUT2D eigenvalue weighted by Gasteiger charge is 2.15. The zero-order valence-electron chi connectivity index (χ0n) is 24.7. The Labute approximate surface area is 240 Å². The molecule has 0 heterocycles. The van der Waals surface area contributed by atoms with Crippen LogP contribution in [0.15, 0.2) is 11.8 Å². The average molecular weight is 603 g/mol. The van der Waals surface area contributed by atoms with Crippen LogP contribution in [0, 0.1) is 0 Å². The van der Waals surface area contributed by atoms with Crippen molar-refractivity contribution in [3.8, 4) is 0 Å². The van der Waals surface area contributed by atoms with Gasteiger partial charge in [0.15, 0.2) is 0 Å². The van der Waals surface area contributed by atoms with Gasteiger partial charge in [0.25, 0.3) is 0 Å². The molecule has 1 aliphatic carbocycles. The van der Waals surface area contributed by atoms with Crippen molar-refractivity contribution in [3.63, 3.8) is 0 Å². The van der Waals surface area contributed by atoms with Crippen molar-refractivity contribution in [1.82, 2.24) is 0 Å². The van der Waals surface area contributed by atoms with E-state index in [2.05, 4.69) is 37.2 Å². The summed E-state index contributed by atoms with van der Waals surface area (Å²) in [7, 11) is -4.64. The van der Waals surface area contributed by atoms with E-state index in [1.54, 1.807) is 0 Å². The molecule has 0 aliphatic heterocycles. The fraction of sp³-hybridized carbons (Fsp3) is 0.926. The topological polar surface area (TPSA) is 152 Å². The summed E-state index contributed by atoms with van der Waals surface area (Å²) in [6, 6.07) is 0. The number of rotatable bonds is 26. The number of allylic oxidation sites excluding steroid dienone is 2. The Morgan fingerprint density at radius 2 is 1.05 bits per heavy atom. The summed E-state index contributed by atoms with van der Waals surface area (Å²) in [5.74, 6) is 0.664. The van der Waals surface area contributed by atoms with E-state index in [9.17, 15) is 0 Å². The second-order valence-electron chi connectivity index (χ2n) is 10.2. The highest BCUT2D eigenvalue weighted by molar-refractivity contribution is 7.45. The van der Waals surface area contributed by atoms with Crippen LogP contribution in [-0.4, -0.2) is 20.8 Å². The minimum atomic E-state index is -4.64. The Bertz CT molecular complexity index is 588. The molecule has 240 valence electrons. The molecule has 3 N–H and O–H groups in total. The molecule has 0 unspecified atom stereocenters. The van der Waals surface area contributed by atoms with Crippen LogP contribution in [0.3, 0.4) is 0 Å². The summed E-state index contributed by atoms with van der Waals surface area (Å²) >= 11 is 0. The van der Waals surface area contributed by atoms with Crippen molar-refractivity contribution < 1.29 is 59.3 Å². The second-order valence-corrected chi connectivity index (χ2v) is 11.2. The van der Waals surface area contributed by atoms with Gasteiger partial charge in [-0.2, -0.15) is 0 Å². The van der Waals surface area contributed by atoms with Crippen molar-refractivity contribution in [2.24, 2.45) is 0 Å². The highest BCUT2D eigenvalue weighted by Crippen LogP contribution is 2.26. The van der Waals surface area contributed by atoms with Crippen molar-refractivity contribution >= 4 is 7.82 Å². The predicted molar refractivity (Wildman–Crippen MR) is 148 cm³/mol. The molecule has 0 atom stereocenters. The first-order valence-corrected chi connectivity index (χ1v) is 16.7. The lowest BCUT2D eigenvalue weighted by molar-refractivity contribution is -0.813. The largest absolute Gasteiger partial charge is 0.466 e. The van der Waals surface area contributed by atoms with Crippen molar-refractivity contribution in [1.29, 1.82) is 0 Å². The van der Waals surface area contributed by atoms with Gasteiger partial charge < -0.3 is 19.6 Å². The summed E-state index contributed by atoms with van der Waals surface area (Å²) in [6.07, 6.45) is 29.5. The van der Waals surface area contributed by atoms with Crippen molar-refractivity contribution in [3.05, 3.63) is 11.8 Å². The molecule has 40 heavy (non-hydrogen) atoms. The Balaban J connectivity index is 0.00000277. The number of unbranched alkanes of at least 4 members (excludes halogenated alkanes) is 15. The van der Waals surface area contributed by atoms with Gasteiger partial charge in [-0.1, -0.05) is 122 Å². The number of hydrogen-bond acceptors (Lipinski definition) is 9. The maximum atomic E-state index is 8.88. The van der Waals surface area contributed by atoms with Gasteiger partial charge in [-0.3, -0.25) is 0 Å². The standard InChI is InChI=1S/C27H52O8.H3O4P/c1-3-5-6-7-8-9-10-11-12-13-14-15-16-17-18-20-23-26(4-2)28-30-32-34-35-33-31-29-27-24-21-19-22-25-27;1-5(2,3)4/h4,27H,3,5-25H2,1-2H3;(H3,1,2,3,4). The maximum absolute atomic E-state index is 8.88. The van der Waals surface area contributed by atoms with E-state index >= 15 is 0 Å². The van der Waals surface area contributed by atoms with Crippen LogP contribution in [0.1, 0.15) is 155 Å². The third kappa shape index (κ3) is 33.6. The number of phosphoric acid groups is 1. The molecule has 1 rings (SSSR count). The van der Waals surface area contributed by atoms with Crippen LogP contribution in [0.4, 0.5) is 0 Å². The van der Waals surface area contributed by atoms with Crippen LogP contribution < -0.4 is 0 Å². The summed E-state index contributed by atoms with van der Waals surface area (Å²) in [6.45, 7) is 4.15. The zero-order chi connectivity index (χ0) is 29.6. The van der Waals surface area contributed by atoms with E-state index in [4.69, 9.17) is 29.0 Å². The van der Waals surface area contributed by atoms with E-state index < -0.39 is 7.82 Å². The molecule has 13 heteroatoms. The highest BCUT2D eigenvalue weighted by atomic mass is 31.2. The third-order valence-corrected chi connectivity index (χ3v) is 6.61. The molecule has 0 radical (unpaired) electrons. The molecule has 0 bridgehead atoms. The van der Waals surface area contributed by atoms with E-state index in [1.165, 1.54) is 103 Å². The molecule has 1 fully saturated rings. The molecule has 0 saturated heterocycles. The smallest absolute Gasteiger partial charge is 0.311 e. The molecule has 0 amide bonds. The predicted octanol–water partition coefficient (Wildman–Crippen LogP) is 8.48. The van der Waals surface area contributed by atoms with E-state index in [0.717, 1.165) is 38.5 Å². The molecule has 1 aliphatic rings. The van der Waals surface area contributed by atoms with Crippen LogP contribution >= 0.6 is 7.82 Å². The molecular formula is C27H55O12P. The molecule has 0 spiro atoms. The number of hydrogen-bond donors (Lipinski definition) is 3. The lowest BCUT2D eigenvalue weighted by atomic mass is 9.98. The van der Waals surface area contributed by atoms with Gasteiger partial charge in [0.1, 0.15) is 5.76 Å². The molecular weight excluding hydrogens is 547 g/mol. The van der Waals surface area contributed by atoms with Gasteiger partial charge in [-0.15, -0.1) is 0 Å².